The third kappa shape index (κ3) is 4.11. The second kappa shape index (κ2) is 9.55. The summed E-state index contributed by atoms with van der Waals surface area (Å²) in [6, 6.07) is 48.3. The first kappa shape index (κ1) is 26.2. The zero-order chi connectivity index (χ0) is 29.3. The van der Waals surface area contributed by atoms with Crippen LogP contribution in [-0.2, 0) is 23.7 Å². The average Bonchev–Trinajstić information content (AvgIpc) is 3.39. The summed E-state index contributed by atoms with van der Waals surface area (Å²) in [4.78, 5) is 0. The highest BCUT2D eigenvalue weighted by molar-refractivity contribution is 5.93. The Bertz CT molecular complexity index is 2020. The zero-order valence-corrected chi connectivity index (χ0v) is 25.6. The van der Waals surface area contributed by atoms with Crippen molar-refractivity contribution >= 4 is 10.8 Å². The predicted octanol–water partition coefficient (Wildman–Crippen LogP) is 11.0. The van der Waals surface area contributed by atoms with Crippen molar-refractivity contribution in [3.63, 3.8) is 0 Å². The number of benzene rings is 6. The first-order chi connectivity index (χ1) is 20.8. The quantitative estimate of drug-likeness (QED) is 0.199. The molecule has 0 N–H and O–H groups in total. The molecule has 0 saturated carbocycles. The zero-order valence-electron chi connectivity index (χ0n) is 25.6. The summed E-state index contributed by atoms with van der Waals surface area (Å²) in [6.07, 6.45) is 2.04. The van der Waals surface area contributed by atoms with Crippen molar-refractivity contribution in [2.45, 2.75) is 57.3 Å². The first-order valence-electron chi connectivity index (χ1n) is 15.8. The van der Waals surface area contributed by atoms with Gasteiger partial charge in [0.25, 0.3) is 0 Å². The maximum Gasteiger partial charge on any atom is 0.0159 e. The van der Waals surface area contributed by atoms with E-state index >= 15 is 0 Å². The van der Waals surface area contributed by atoms with E-state index in [0.717, 1.165) is 12.8 Å². The van der Waals surface area contributed by atoms with Gasteiger partial charge in [-0.05, 0) is 103 Å². The van der Waals surface area contributed by atoms with Crippen LogP contribution in [0.2, 0.25) is 0 Å². The molecule has 0 bridgehead atoms. The van der Waals surface area contributed by atoms with Crippen LogP contribution in [0.4, 0.5) is 0 Å². The molecule has 0 nitrogen and oxygen atoms in total. The minimum absolute atomic E-state index is 0.0176. The molecule has 6 aromatic rings. The maximum absolute atomic E-state index is 2.49. The van der Waals surface area contributed by atoms with Gasteiger partial charge in [-0.15, -0.1) is 0 Å². The summed E-state index contributed by atoms with van der Waals surface area (Å²) in [7, 11) is 0. The normalized spacial score (nSPS) is 15.9. The molecule has 6 aromatic carbocycles. The molecule has 0 amide bonds. The second-order valence-electron chi connectivity index (χ2n) is 13.8. The summed E-state index contributed by atoms with van der Waals surface area (Å²) in [5.74, 6) is 0.402. The van der Waals surface area contributed by atoms with Gasteiger partial charge in [0.15, 0.2) is 0 Å². The van der Waals surface area contributed by atoms with Crippen molar-refractivity contribution in [1.29, 1.82) is 0 Å². The molecular formula is C43H38. The van der Waals surface area contributed by atoms with E-state index in [-0.39, 0.29) is 10.8 Å². The fraction of sp³-hybridized carbons (Fsp3) is 0.209. The Kier molecular flexibility index (Phi) is 5.82. The molecule has 0 heteroatoms. The lowest BCUT2D eigenvalue weighted by atomic mass is 9.80. The molecule has 8 rings (SSSR count). The fourth-order valence-electron chi connectivity index (χ4n) is 8.10. The highest BCUT2D eigenvalue weighted by Crippen LogP contribution is 2.50. The van der Waals surface area contributed by atoms with Gasteiger partial charge >= 0.3 is 0 Å². The molecule has 0 aromatic heterocycles. The van der Waals surface area contributed by atoms with Crippen molar-refractivity contribution in [2.75, 3.05) is 0 Å². The predicted molar refractivity (Wildman–Crippen MR) is 182 cm³/mol. The summed E-state index contributed by atoms with van der Waals surface area (Å²) < 4.78 is 0. The van der Waals surface area contributed by atoms with Crippen molar-refractivity contribution < 1.29 is 0 Å². The van der Waals surface area contributed by atoms with Crippen LogP contribution in [0, 0.1) is 0 Å². The van der Waals surface area contributed by atoms with Crippen LogP contribution in [0.15, 0.2) is 127 Å². The molecule has 0 aliphatic heterocycles. The topological polar surface area (TPSA) is 0 Å². The average molecular weight is 555 g/mol. The molecular weight excluding hydrogens is 516 g/mol. The lowest BCUT2D eigenvalue weighted by molar-refractivity contribution is 0.652. The first-order valence-corrected chi connectivity index (χ1v) is 15.8. The smallest absolute Gasteiger partial charge is 0.0159 e. The Hall–Kier alpha value is -4.42. The van der Waals surface area contributed by atoms with Gasteiger partial charge in [0.05, 0.1) is 0 Å². The number of rotatable bonds is 5. The van der Waals surface area contributed by atoms with E-state index in [1.54, 1.807) is 0 Å². The number of hydrogen-bond acceptors (Lipinski definition) is 0. The van der Waals surface area contributed by atoms with E-state index in [1.807, 2.05) is 0 Å². The van der Waals surface area contributed by atoms with Gasteiger partial charge in [0.1, 0.15) is 0 Å². The fourth-order valence-corrected chi connectivity index (χ4v) is 8.10. The van der Waals surface area contributed by atoms with Gasteiger partial charge in [-0.1, -0.05) is 143 Å². The molecule has 43 heavy (non-hydrogen) atoms. The van der Waals surface area contributed by atoms with Gasteiger partial charge in [0.2, 0.25) is 0 Å². The maximum atomic E-state index is 2.49. The Morgan fingerprint density at radius 3 is 1.65 bits per heavy atom. The molecule has 0 fully saturated rings. The highest BCUT2D eigenvalue weighted by Gasteiger charge is 2.36. The van der Waals surface area contributed by atoms with Crippen molar-refractivity contribution in [3.8, 4) is 22.3 Å². The summed E-state index contributed by atoms with van der Waals surface area (Å²) in [5.41, 5.74) is 15.6. The summed E-state index contributed by atoms with van der Waals surface area (Å²) in [5, 5.41) is 2.67. The van der Waals surface area contributed by atoms with Crippen molar-refractivity contribution in [1.82, 2.24) is 0 Å². The molecule has 0 spiro atoms. The molecule has 2 aliphatic carbocycles. The van der Waals surface area contributed by atoms with E-state index in [1.165, 1.54) is 72.0 Å². The highest BCUT2D eigenvalue weighted by atomic mass is 14.4. The molecule has 1 unspecified atom stereocenters. The Labute approximate surface area is 256 Å². The molecule has 0 radical (unpaired) electrons. The third-order valence-corrected chi connectivity index (χ3v) is 10.5. The van der Waals surface area contributed by atoms with Crippen LogP contribution in [0.25, 0.3) is 33.0 Å². The number of fused-ring (bicyclic) bond motifs is 7. The Balaban J connectivity index is 1.15. The standard InChI is InChI=1S/C43H38/c1-42(2)38-16-10-8-14-34(38)36-21-19-29(25-40(36)42)24-32(30-12-6-5-7-13-30)22-28-18-20-31-26-37-35-15-9-11-17-39(35)43(3,4)41(37)27-33(31)23-28/h5-21,23,25-27,32H,22,24H2,1-4H3. The van der Waals surface area contributed by atoms with E-state index in [4.69, 9.17) is 0 Å². The molecule has 2 aliphatic rings. The van der Waals surface area contributed by atoms with E-state index in [0.29, 0.717) is 5.92 Å². The SMILES string of the molecule is CC1(C)c2ccccc2-c2ccc(CC(Cc3ccc4cc5c(cc4c3)C(C)(C)c3ccccc3-5)c3ccccc3)cc21. The molecule has 0 heterocycles. The van der Waals surface area contributed by atoms with Gasteiger partial charge in [-0.2, -0.15) is 0 Å². The van der Waals surface area contributed by atoms with Crippen LogP contribution < -0.4 is 0 Å². The van der Waals surface area contributed by atoms with E-state index in [2.05, 4.69) is 155 Å². The largest absolute Gasteiger partial charge is 0.0622 e. The van der Waals surface area contributed by atoms with Crippen LogP contribution in [-0.4, -0.2) is 0 Å². The Morgan fingerprint density at radius 2 is 0.953 bits per heavy atom. The second-order valence-corrected chi connectivity index (χ2v) is 13.8. The van der Waals surface area contributed by atoms with Crippen molar-refractivity contribution in [3.05, 3.63) is 166 Å². The lowest BCUT2D eigenvalue weighted by Gasteiger charge is -2.23. The third-order valence-electron chi connectivity index (χ3n) is 10.5. The van der Waals surface area contributed by atoms with Crippen molar-refractivity contribution in [2.24, 2.45) is 0 Å². The van der Waals surface area contributed by atoms with Gasteiger partial charge in [0, 0.05) is 10.8 Å². The van der Waals surface area contributed by atoms with Gasteiger partial charge < -0.3 is 0 Å². The van der Waals surface area contributed by atoms with Crippen LogP contribution in [0.5, 0.6) is 0 Å². The Morgan fingerprint density at radius 1 is 0.419 bits per heavy atom. The van der Waals surface area contributed by atoms with Crippen LogP contribution in [0.1, 0.15) is 72.6 Å². The van der Waals surface area contributed by atoms with E-state index in [9.17, 15) is 0 Å². The van der Waals surface area contributed by atoms with E-state index < -0.39 is 0 Å². The summed E-state index contributed by atoms with van der Waals surface area (Å²) >= 11 is 0. The van der Waals surface area contributed by atoms with Crippen LogP contribution >= 0.6 is 0 Å². The van der Waals surface area contributed by atoms with Gasteiger partial charge in [-0.25, -0.2) is 0 Å². The minimum atomic E-state index is 0.0176. The minimum Gasteiger partial charge on any atom is -0.0622 e. The molecule has 1 atom stereocenters. The van der Waals surface area contributed by atoms with Crippen LogP contribution in [0.3, 0.4) is 0 Å². The van der Waals surface area contributed by atoms with Gasteiger partial charge in [-0.3, -0.25) is 0 Å². The monoisotopic (exact) mass is 554 g/mol. The summed E-state index contributed by atoms with van der Waals surface area (Å²) in [6.45, 7) is 9.49. The molecule has 210 valence electrons. The lowest BCUT2D eigenvalue weighted by Crippen LogP contribution is -2.15. The molecule has 0 saturated heterocycles. The number of hydrogen-bond donors (Lipinski definition) is 0.